The van der Waals surface area contributed by atoms with E-state index in [2.05, 4.69) is 10.3 Å². The van der Waals surface area contributed by atoms with Gasteiger partial charge in [0.1, 0.15) is 0 Å². The second-order valence-electron chi connectivity index (χ2n) is 5.91. The third kappa shape index (κ3) is 3.59. The molecule has 1 fully saturated rings. The number of nitrogens with zero attached hydrogens (tertiary/aromatic N) is 2. The molecule has 2 aromatic rings. The number of halogens is 1. The highest BCUT2D eigenvalue weighted by molar-refractivity contribution is 8.00. The van der Waals surface area contributed by atoms with Crippen molar-refractivity contribution in [3.63, 3.8) is 0 Å². The second kappa shape index (κ2) is 7.57. The summed E-state index contributed by atoms with van der Waals surface area (Å²) in [6.45, 7) is 3.32. The predicted molar refractivity (Wildman–Crippen MR) is 97.8 cm³/mol. The quantitative estimate of drug-likeness (QED) is 0.845. The van der Waals surface area contributed by atoms with Gasteiger partial charge in [-0.3, -0.25) is 14.2 Å². The summed E-state index contributed by atoms with van der Waals surface area (Å²) in [5.41, 5.74) is 0.506. The zero-order chi connectivity index (χ0) is 17.1. The first kappa shape index (κ1) is 17.3. The van der Waals surface area contributed by atoms with Gasteiger partial charge in [0, 0.05) is 18.1 Å². The van der Waals surface area contributed by atoms with Crippen LogP contribution >= 0.6 is 23.4 Å². The number of benzene rings is 1. The Hall–Kier alpha value is -1.53. The van der Waals surface area contributed by atoms with E-state index in [0.717, 1.165) is 32.2 Å². The number of rotatable bonds is 4. The molecule has 0 saturated carbocycles. The van der Waals surface area contributed by atoms with Crippen LogP contribution in [0, 0.1) is 0 Å². The molecule has 24 heavy (non-hydrogen) atoms. The Kier molecular flexibility index (Phi) is 5.46. The number of carbonyl (C=O) groups excluding carboxylic acids is 1. The average Bonchev–Trinajstić information content (AvgIpc) is 2.75. The molecule has 1 amide bonds. The number of carbonyl (C=O) groups is 1. The summed E-state index contributed by atoms with van der Waals surface area (Å²) in [6, 6.07) is 5.12. The van der Waals surface area contributed by atoms with Gasteiger partial charge in [0.15, 0.2) is 5.16 Å². The summed E-state index contributed by atoms with van der Waals surface area (Å²) < 4.78 is 1.68. The van der Waals surface area contributed by atoms with Crippen molar-refractivity contribution in [2.45, 2.75) is 49.6 Å². The van der Waals surface area contributed by atoms with Crippen LogP contribution in [-0.2, 0) is 11.3 Å². The summed E-state index contributed by atoms with van der Waals surface area (Å²) in [5.74, 6) is 0.0287. The normalized spacial score (nSPS) is 18.4. The minimum absolute atomic E-state index is 0.0287. The first-order valence-electron chi connectivity index (χ1n) is 8.24. The first-order valence-corrected chi connectivity index (χ1v) is 9.50. The summed E-state index contributed by atoms with van der Waals surface area (Å²) in [4.78, 5) is 29.7. The van der Waals surface area contributed by atoms with E-state index in [9.17, 15) is 9.59 Å². The van der Waals surface area contributed by atoms with Crippen LogP contribution in [0.4, 0.5) is 0 Å². The Bertz CT molecular complexity index is 821. The molecule has 1 aromatic carbocycles. The van der Waals surface area contributed by atoms with Crippen molar-refractivity contribution >= 4 is 40.2 Å². The molecule has 1 N–H and O–H groups in total. The van der Waals surface area contributed by atoms with E-state index in [1.165, 1.54) is 11.8 Å². The standard InChI is InChI=1S/C17H20ClN3O2S/c1-2-9-21-16(23)12-7-6-11(18)10-13(12)20-17(21)24-14-5-3-4-8-19-15(14)22/h6-7,10,14H,2-5,8-9H2,1H3,(H,19,22)/t14-/m1/s1. The maximum absolute atomic E-state index is 12.8. The van der Waals surface area contributed by atoms with E-state index in [1.807, 2.05) is 6.92 Å². The molecular formula is C17H20ClN3O2S. The number of aromatic nitrogens is 2. The lowest BCUT2D eigenvalue weighted by atomic mass is 10.2. The van der Waals surface area contributed by atoms with E-state index in [-0.39, 0.29) is 16.7 Å². The fraction of sp³-hybridized carbons (Fsp3) is 0.471. The minimum atomic E-state index is -0.209. The van der Waals surface area contributed by atoms with E-state index >= 15 is 0 Å². The molecule has 0 radical (unpaired) electrons. The van der Waals surface area contributed by atoms with Crippen LogP contribution in [0.3, 0.4) is 0 Å². The van der Waals surface area contributed by atoms with Gasteiger partial charge in [-0.15, -0.1) is 0 Å². The van der Waals surface area contributed by atoms with Gasteiger partial charge < -0.3 is 5.32 Å². The Morgan fingerprint density at radius 1 is 1.38 bits per heavy atom. The number of hydrogen-bond donors (Lipinski definition) is 1. The van der Waals surface area contributed by atoms with Crippen molar-refractivity contribution in [2.75, 3.05) is 6.54 Å². The van der Waals surface area contributed by atoms with Crippen molar-refractivity contribution in [1.29, 1.82) is 0 Å². The van der Waals surface area contributed by atoms with Gasteiger partial charge in [0.2, 0.25) is 5.91 Å². The number of nitrogens with one attached hydrogen (secondary N) is 1. The van der Waals surface area contributed by atoms with E-state index in [4.69, 9.17) is 11.6 Å². The van der Waals surface area contributed by atoms with Gasteiger partial charge in [0.05, 0.1) is 16.2 Å². The van der Waals surface area contributed by atoms with Gasteiger partial charge in [-0.1, -0.05) is 36.7 Å². The van der Waals surface area contributed by atoms with Crippen LogP contribution in [0.5, 0.6) is 0 Å². The van der Waals surface area contributed by atoms with Crippen LogP contribution in [-0.4, -0.2) is 27.3 Å². The maximum atomic E-state index is 12.8. The van der Waals surface area contributed by atoms with Crippen LogP contribution in [0.2, 0.25) is 5.02 Å². The number of hydrogen-bond acceptors (Lipinski definition) is 4. The van der Waals surface area contributed by atoms with Crippen molar-refractivity contribution in [3.8, 4) is 0 Å². The SMILES string of the molecule is CCCn1c(S[C@@H]2CCCCNC2=O)nc2cc(Cl)ccc2c1=O. The highest BCUT2D eigenvalue weighted by atomic mass is 35.5. The zero-order valence-corrected chi connectivity index (χ0v) is 15.1. The van der Waals surface area contributed by atoms with Gasteiger partial charge >= 0.3 is 0 Å². The van der Waals surface area contributed by atoms with Crippen molar-refractivity contribution in [2.24, 2.45) is 0 Å². The van der Waals surface area contributed by atoms with Crippen molar-refractivity contribution in [3.05, 3.63) is 33.6 Å². The van der Waals surface area contributed by atoms with E-state index in [0.29, 0.717) is 27.6 Å². The summed E-state index contributed by atoms with van der Waals surface area (Å²) in [6.07, 6.45) is 3.61. The average molecular weight is 366 g/mol. The van der Waals surface area contributed by atoms with Crippen LogP contribution in [0.25, 0.3) is 10.9 Å². The highest BCUT2D eigenvalue weighted by Gasteiger charge is 2.24. The third-order valence-electron chi connectivity index (χ3n) is 4.06. The molecule has 0 spiro atoms. The first-order chi connectivity index (χ1) is 11.6. The van der Waals surface area contributed by atoms with E-state index in [1.54, 1.807) is 22.8 Å². The van der Waals surface area contributed by atoms with Gasteiger partial charge in [-0.25, -0.2) is 4.98 Å². The Morgan fingerprint density at radius 2 is 2.21 bits per heavy atom. The molecule has 1 aliphatic heterocycles. The zero-order valence-electron chi connectivity index (χ0n) is 13.5. The highest BCUT2D eigenvalue weighted by Crippen LogP contribution is 2.28. The minimum Gasteiger partial charge on any atom is -0.355 e. The molecule has 0 aliphatic carbocycles. The molecule has 128 valence electrons. The maximum Gasteiger partial charge on any atom is 0.262 e. The third-order valence-corrected chi connectivity index (χ3v) is 5.55. The van der Waals surface area contributed by atoms with Crippen LogP contribution in [0.1, 0.15) is 32.6 Å². The Balaban J connectivity index is 2.05. The predicted octanol–water partition coefficient (Wildman–Crippen LogP) is 3.22. The van der Waals surface area contributed by atoms with Gasteiger partial charge in [0.25, 0.3) is 5.56 Å². The fourth-order valence-corrected chi connectivity index (χ4v) is 4.18. The molecule has 1 aromatic heterocycles. The molecule has 2 heterocycles. The molecule has 0 unspecified atom stereocenters. The lowest BCUT2D eigenvalue weighted by molar-refractivity contribution is -0.120. The smallest absolute Gasteiger partial charge is 0.262 e. The fourth-order valence-electron chi connectivity index (χ4n) is 2.84. The summed E-state index contributed by atoms with van der Waals surface area (Å²) in [5, 5.41) is 4.42. The lowest BCUT2D eigenvalue weighted by Crippen LogP contribution is -2.32. The molecule has 3 rings (SSSR count). The molecule has 5 nitrogen and oxygen atoms in total. The van der Waals surface area contributed by atoms with Crippen molar-refractivity contribution in [1.82, 2.24) is 14.9 Å². The Labute approximate surface area is 149 Å². The number of thioether (sulfide) groups is 1. The topological polar surface area (TPSA) is 64.0 Å². The largest absolute Gasteiger partial charge is 0.355 e. The number of amides is 1. The molecule has 1 atom stereocenters. The van der Waals surface area contributed by atoms with Crippen LogP contribution < -0.4 is 10.9 Å². The van der Waals surface area contributed by atoms with Gasteiger partial charge in [-0.2, -0.15) is 0 Å². The van der Waals surface area contributed by atoms with Gasteiger partial charge in [-0.05, 0) is 37.5 Å². The second-order valence-corrected chi connectivity index (χ2v) is 7.51. The van der Waals surface area contributed by atoms with Crippen molar-refractivity contribution < 1.29 is 4.79 Å². The monoisotopic (exact) mass is 365 g/mol. The molecule has 7 heteroatoms. The summed E-state index contributed by atoms with van der Waals surface area (Å²) in [7, 11) is 0. The number of fused-ring (bicyclic) bond motifs is 1. The lowest BCUT2D eigenvalue weighted by Gasteiger charge is -2.16. The van der Waals surface area contributed by atoms with E-state index < -0.39 is 0 Å². The molecule has 1 saturated heterocycles. The molecule has 1 aliphatic rings. The molecule has 0 bridgehead atoms. The Morgan fingerprint density at radius 3 is 3.00 bits per heavy atom. The van der Waals surface area contributed by atoms with Crippen LogP contribution in [0.15, 0.2) is 28.2 Å². The summed E-state index contributed by atoms with van der Waals surface area (Å²) >= 11 is 7.43. The molecular weight excluding hydrogens is 346 g/mol.